The molecule has 2 atom stereocenters. The molecule has 0 amide bonds. The van der Waals surface area contributed by atoms with Crippen molar-refractivity contribution in [3.8, 4) is 0 Å². The molecule has 0 saturated carbocycles. The van der Waals surface area contributed by atoms with Gasteiger partial charge in [-0.2, -0.15) is 0 Å². The van der Waals surface area contributed by atoms with Crippen LogP contribution in [0.1, 0.15) is 52.4 Å². The van der Waals surface area contributed by atoms with Crippen molar-refractivity contribution in [2.75, 3.05) is 7.11 Å². The van der Waals surface area contributed by atoms with Crippen LogP contribution in [0.15, 0.2) is 12.7 Å². The SMILES string of the molecule is C=CCC(=O)[C@H](CCCCCC)[C@@H](C)OC. The van der Waals surface area contributed by atoms with Crippen molar-refractivity contribution in [2.45, 2.75) is 58.5 Å². The number of ether oxygens (including phenoxy) is 1. The van der Waals surface area contributed by atoms with E-state index in [4.69, 9.17) is 4.74 Å². The predicted molar refractivity (Wildman–Crippen MR) is 68.5 cm³/mol. The van der Waals surface area contributed by atoms with Gasteiger partial charge in [0.2, 0.25) is 0 Å². The number of allylic oxidation sites excluding steroid dienone is 1. The molecule has 0 aliphatic heterocycles. The molecule has 0 aromatic rings. The summed E-state index contributed by atoms with van der Waals surface area (Å²) in [5, 5.41) is 0. The summed E-state index contributed by atoms with van der Waals surface area (Å²) in [5.74, 6) is 0.306. The fourth-order valence-corrected chi connectivity index (χ4v) is 1.91. The van der Waals surface area contributed by atoms with Gasteiger partial charge in [0, 0.05) is 19.4 Å². The van der Waals surface area contributed by atoms with Crippen LogP contribution in [0.3, 0.4) is 0 Å². The molecular formula is C14H26O2. The van der Waals surface area contributed by atoms with Crippen LogP contribution in [0, 0.1) is 5.92 Å². The van der Waals surface area contributed by atoms with Crippen molar-refractivity contribution in [1.29, 1.82) is 0 Å². The van der Waals surface area contributed by atoms with E-state index in [1.54, 1.807) is 13.2 Å². The molecular weight excluding hydrogens is 200 g/mol. The summed E-state index contributed by atoms with van der Waals surface area (Å²) in [6, 6.07) is 0. The summed E-state index contributed by atoms with van der Waals surface area (Å²) >= 11 is 0. The van der Waals surface area contributed by atoms with Crippen LogP contribution in [0.2, 0.25) is 0 Å². The van der Waals surface area contributed by atoms with Crippen LogP contribution in [0.4, 0.5) is 0 Å². The maximum Gasteiger partial charge on any atom is 0.142 e. The van der Waals surface area contributed by atoms with Crippen LogP contribution < -0.4 is 0 Å². The van der Waals surface area contributed by atoms with Crippen molar-refractivity contribution < 1.29 is 9.53 Å². The average Bonchev–Trinajstić information content (AvgIpc) is 2.28. The van der Waals surface area contributed by atoms with Gasteiger partial charge in [-0.25, -0.2) is 0 Å². The quantitative estimate of drug-likeness (QED) is 0.419. The maximum atomic E-state index is 11.9. The Morgan fingerprint density at radius 2 is 2.06 bits per heavy atom. The van der Waals surface area contributed by atoms with Crippen molar-refractivity contribution in [3.05, 3.63) is 12.7 Å². The van der Waals surface area contributed by atoms with Gasteiger partial charge >= 0.3 is 0 Å². The fourth-order valence-electron chi connectivity index (χ4n) is 1.91. The van der Waals surface area contributed by atoms with E-state index in [1.165, 1.54) is 19.3 Å². The van der Waals surface area contributed by atoms with Crippen molar-refractivity contribution in [3.63, 3.8) is 0 Å². The molecule has 0 fully saturated rings. The molecule has 0 aliphatic carbocycles. The second-order valence-corrected chi connectivity index (χ2v) is 4.36. The largest absolute Gasteiger partial charge is 0.381 e. The van der Waals surface area contributed by atoms with Gasteiger partial charge in [-0.15, -0.1) is 6.58 Å². The van der Waals surface area contributed by atoms with Crippen LogP contribution in [0.5, 0.6) is 0 Å². The van der Waals surface area contributed by atoms with Gasteiger partial charge in [0.1, 0.15) is 5.78 Å². The third-order valence-electron chi connectivity index (χ3n) is 3.07. The smallest absolute Gasteiger partial charge is 0.142 e. The first-order chi connectivity index (χ1) is 7.67. The molecule has 0 N–H and O–H groups in total. The molecule has 0 aromatic carbocycles. The predicted octanol–water partition coefficient (Wildman–Crippen LogP) is 3.75. The summed E-state index contributed by atoms with van der Waals surface area (Å²) in [7, 11) is 1.67. The van der Waals surface area contributed by atoms with E-state index in [0.29, 0.717) is 6.42 Å². The fraction of sp³-hybridized carbons (Fsp3) is 0.786. The van der Waals surface area contributed by atoms with E-state index in [2.05, 4.69) is 13.5 Å². The molecule has 0 saturated heterocycles. The Morgan fingerprint density at radius 1 is 1.38 bits per heavy atom. The van der Waals surface area contributed by atoms with Gasteiger partial charge in [-0.05, 0) is 13.3 Å². The summed E-state index contributed by atoms with van der Waals surface area (Å²) in [5.41, 5.74) is 0. The number of methoxy groups -OCH3 is 1. The molecule has 0 spiro atoms. The second kappa shape index (κ2) is 9.59. The Balaban J connectivity index is 4.10. The number of carbonyl (C=O) groups is 1. The average molecular weight is 226 g/mol. The van der Waals surface area contributed by atoms with Crippen LogP contribution >= 0.6 is 0 Å². The topological polar surface area (TPSA) is 26.3 Å². The molecule has 0 heterocycles. The third-order valence-corrected chi connectivity index (χ3v) is 3.07. The van der Waals surface area contributed by atoms with Crippen molar-refractivity contribution >= 4 is 5.78 Å². The normalized spacial score (nSPS) is 14.4. The molecule has 94 valence electrons. The monoisotopic (exact) mass is 226 g/mol. The number of rotatable bonds is 10. The maximum absolute atomic E-state index is 11.9. The number of unbranched alkanes of at least 4 members (excludes halogenated alkanes) is 3. The molecule has 0 radical (unpaired) electrons. The van der Waals surface area contributed by atoms with Crippen LogP contribution in [0.25, 0.3) is 0 Å². The first kappa shape index (κ1) is 15.4. The Bertz CT molecular complexity index is 199. The zero-order chi connectivity index (χ0) is 12.4. The van der Waals surface area contributed by atoms with Gasteiger partial charge < -0.3 is 4.74 Å². The molecule has 0 aliphatic rings. The highest BCUT2D eigenvalue weighted by Gasteiger charge is 2.23. The first-order valence-corrected chi connectivity index (χ1v) is 6.33. The van der Waals surface area contributed by atoms with E-state index < -0.39 is 0 Å². The minimum atomic E-state index is 0.0223. The van der Waals surface area contributed by atoms with Crippen molar-refractivity contribution in [2.24, 2.45) is 5.92 Å². The lowest BCUT2D eigenvalue weighted by Crippen LogP contribution is -2.27. The zero-order valence-corrected chi connectivity index (χ0v) is 11.0. The Morgan fingerprint density at radius 3 is 2.56 bits per heavy atom. The van der Waals surface area contributed by atoms with E-state index in [-0.39, 0.29) is 17.8 Å². The van der Waals surface area contributed by atoms with E-state index in [1.807, 2.05) is 6.92 Å². The zero-order valence-electron chi connectivity index (χ0n) is 11.0. The Hall–Kier alpha value is -0.630. The molecule has 16 heavy (non-hydrogen) atoms. The van der Waals surface area contributed by atoms with Crippen molar-refractivity contribution in [1.82, 2.24) is 0 Å². The lowest BCUT2D eigenvalue weighted by molar-refractivity contribution is -0.126. The number of Topliss-reactive ketones (excluding diaryl/α,β-unsaturated/α-hetero) is 1. The van der Waals surface area contributed by atoms with E-state index in [0.717, 1.165) is 12.8 Å². The molecule has 0 rings (SSSR count). The van der Waals surface area contributed by atoms with Gasteiger partial charge in [0.25, 0.3) is 0 Å². The van der Waals surface area contributed by atoms with E-state index in [9.17, 15) is 4.79 Å². The second-order valence-electron chi connectivity index (χ2n) is 4.36. The van der Waals surface area contributed by atoms with Gasteiger partial charge in [-0.3, -0.25) is 4.79 Å². The number of ketones is 1. The first-order valence-electron chi connectivity index (χ1n) is 6.33. The standard InChI is InChI=1S/C14H26O2/c1-5-7-8-9-11-13(12(3)16-4)14(15)10-6-2/h6,12-13H,2,5,7-11H2,1,3-4H3/t12-,13-/m1/s1. The molecule has 0 unspecified atom stereocenters. The highest BCUT2D eigenvalue weighted by Crippen LogP contribution is 2.19. The molecule has 2 heteroatoms. The molecule has 2 nitrogen and oxygen atoms in total. The molecule has 0 bridgehead atoms. The number of hydrogen-bond donors (Lipinski definition) is 0. The van der Waals surface area contributed by atoms with Gasteiger partial charge in [0.15, 0.2) is 0 Å². The number of carbonyl (C=O) groups excluding carboxylic acids is 1. The third kappa shape index (κ3) is 6.06. The van der Waals surface area contributed by atoms with Gasteiger partial charge in [0.05, 0.1) is 6.10 Å². The number of hydrogen-bond acceptors (Lipinski definition) is 2. The summed E-state index contributed by atoms with van der Waals surface area (Å²) in [4.78, 5) is 11.9. The molecule has 0 aromatic heterocycles. The lowest BCUT2D eigenvalue weighted by Gasteiger charge is -2.21. The lowest BCUT2D eigenvalue weighted by atomic mass is 9.90. The highest BCUT2D eigenvalue weighted by molar-refractivity contribution is 5.82. The Labute approximate surface area is 100 Å². The Kier molecular flexibility index (Phi) is 9.21. The van der Waals surface area contributed by atoms with Gasteiger partial charge in [-0.1, -0.05) is 38.7 Å². The summed E-state index contributed by atoms with van der Waals surface area (Å²) < 4.78 is 5.28. The van der Waals surface area contributed by atoms with E-state index >= 15 is 0 Å². The van der Waals surface area contributed by atoms with Crippen LogP contribution in [-0.2, 0) is 9.53 Å². The van der Waals surface area contributed by atoms with Crippen LogP contribution in [-0.4, -0.2) is 19.0 Å². The highest BCUT2D eigenvalue weighted by atomic mass is 16.5. The minimum Gasteiger partial charge on any atom is -0.381 e. The summed E-state index contributed by atoms with van der Waals surface area (Å²) in [6.45, 7) is 7.79. The summed E-state index contributed by atoms with van der Waals surface area (Å²) in [6.07, 6.45) is 7.93. The minimum absolute atomic E-state index is 0.0223.